The largest absolute Gasteiger partial charge is 0.481 e. The Hall–Kier alpha value is -4.39. The van der Waals surface area contributed by atoms with Gasteiger partial charge in [0.2, 0.25) is 0 Å². The molecule has 7 heteroatoms. The maximum Gasteiger partial charge on any atom is 0.344 e. The number of pyridine rings is 1. The second-order valence-corrected chi connectivity index (χ2v) is 7.65. The molecule has 2 N–H and O–H groups in total. The number of carbonyl (C=O) groups is 2. The average Bonchev–Trinajstić information content (AvgIpc) is 2.83. The summed E-state index contributed by atoms with van der Waals surface area (Å²) in [5.74, 6) is 0.0141. The van der Waals surface area contributed by atoms with Crippen molar-refractivity contribution >= 4 is 34.3 Å². The number of aryl methyl sites for hydroxylation is 1. The van der Waals surface area contributed by atoms with Gasteiger partial charge in [0.15, 0.2) is 6.61 Å². The van der Waals surface area contributed by atoms with Crippen molar-refractivity contribution in [2.75, 3.05) is 23.8 Å². The first-order valence-electron chi connectivity index (χ1n) is 10.9. The molecule has 4 aromatic rings. The molecule has 0 aliphatic rings. The molecule has 7 nitrogen and oxygen atoms in total. The van der Waals surface area contributed by atoms with Crippen molar-refractivity contribution in [2.24, 2.45) is 0 Å². The molecule has 0 fully saturated rings. The van der Waals surface area contributed by atoms with Gasteiger partial charge in [0.1, 0.15) is 5.75 Å². The normalized spacial score (nSPS) is 10.5. The highest BCUT2D eigenvalue weighted by molar-refractivity contribution is 6.01. The van der Waals surface area contributed by atoms with Gasteiger partial charge in [-0.1, -0.05) is 42.5 Å². The molecule has 1 aromatic heterocycles. The number of amides is 2. The van der Waals surface area contributed by atoms with Gasteiger partial charge in [0.25, 0.3) is 0 Å². The van der Waals surface area contributed by atoms with E-state index in [4.69, 9.17) is 14.5 Å². The van der Waals surface area contributed by atoms with Crippen molar-refractivity contribution in [3.05, 3.63) is 84.4 Å². The van der Waals surface area contributed by atoms with Crippen molar-refractivity contribution in [3.63, 3.8) is 0 Å². The number of hydrogen-bond donors (Lipinski definition) is 2. The van der Waals surface area contributed by atoms with Crippen LogP contribution in [0, 0.1) is 6.92 Å². The first-order valence-corrected chi connectivity index (χ1v) is 10.9. The van der Waals surface area contributed by atoms with Crippen LogP contribution in [0.5, 0.6) is 5.75 Å². The van der Waals surface area contributed by atoms with Crippen molar-refractivity contribution in [1.29, 1.82) is 0 Å². The van der Waals surface area contributed by atoms with E-state index in [9.17, 15) is 9.59 Å². The fourth-order valence-corrected chi connectivity index (χ4v) is 3.50. The lowest BCUT2D eigenvalue weighted by Gasteiger charge is -2.13. The Morgan fingerprint density at radius 1 is 0.882 bits per heavy atom. The molecule has 0 atom stereocenters. The quantitative estimate of drug-likeness (QED) is 0.344. The van der Waals surface area contributed by atoms with Crippen LogP contribution in [0.15, 0.2) is 78.9 Å². The van der Waals surface area contributed by atoms with Crippen LogP contribution in [0.25, 0.3) is 22.2 Å². The summed E-state index contributed by atoms with van der Waals surface area (Å²) < 4.78 is 10.8. The summed E-state index contributed by atoms with van der Waals surface area (Å²) in [4.78, 5) is 29.1. The van der Waals surface area contributed by atoms with Crippen LogP contribution in [0.1, 0.15) is 12.5 Å². The van der Waals surface area contributed by atoms with Crippen LogP contribution in [0.2, 0.25) is 0 Å². The number of carbonyl (C=O) groups excluding carboxylic acids is 2. The van der Waals surface area contributed by atoms with E-state index >= 15 is 0 Å². The van der Waals surface area contributed by atoms with E-state index in [-0.39, 0.29) is 19.2 Å². The number of nitrogens with zero attached hydrogens (tertiary/aromatic N) is 1. The van der Waals surface area contributed by atoms with Gasteiger partial charge in [-0.15, -0.1) is 0 Å². The van der Waals surface area contributed by atoms with E-state index in [1.165, 1.54) is 0 Å². The lowest BCUT2D eigenvalue weighted by Crippen LogP contribution is -2.19. The summed E-state index contributed by atoms with van der Waals surface area (Å²) >= 11 is 0. The number of benzene rings is 3. The van der Waals surface area contributed by atoms with E-state index in [1.54, 1.807) is 31.2 Å². The highest BCUT2D eigenvalue weighted by atomic mass is 16.6. The Labute approximate surface area is 197 Å². The van der Waals surface area contributed by atoms with Crippen molar-refractivity contribution in [2.45, 2.75) is 13.8 Å². The van der Waals surface area contributed by atoms with E-state index in [2.05, 4.69) is 10.6 Å². The van der Waals surface area contributed by atoms with Crippen LogP contribution in [0.4, 0.5) is 16.2 Å². The van der Waals surface area contributed by atoms with Crippen LogP contribution >= 0.6 is 0 Å². The lowest BCUT2D eigenvalue weighted by molar-refractivity contribution is -0.145. The molecule has 0 aliphatic carbocycles. The number of nitrogens with one attached hydrogen (secondary N) is 2. The van der Waals surface area contributed by atoms with E-state index in [0.717, 1.165) is 11.1 Å². The fourth-order valence-electron chi connectivity index (χ4n) is 3.50. The third-order valence-electron chi connectivity index (χ3n) is 5.02. The summed E-state index contributed by atoms with van der Waals surface area (Å²) in [5, 5.41) is 6.32. The smallest absolute Gasteiger partial charge is 0.344 e. The zero-order valence-corrected chi connectivity index (χ0v) is 19.0. The summed E-state index contributed by atoms with van der Waals surface area (Å²) in [6.45, 7) is 3.75. The van der Waals surface area contributed by atoms with E-state index < -0.39 is 5.97 Å². The van der Waals surface area contributed by atoms with Crippen molar-refractivity contribution in [3.8, 4) is 17.0 Å². The molecule has 1 heterocycles. The second kappa shape index (κ2) is 10.5. The number of ether oxygens (including phenoxy) is 2. The number of rotatable bonds is 7. The van der Waals surface area contributed by atoms with Gasteiger partial charge in [0.05, 0.1) is 17.8 Å². The van der Waals surface area contributed by atoms with Gasteiger partial charge in [-0.05, 0) is 49.7 Å². The number of fused-ring (bicyclic) bond motifs is 1. The highest BCUT2D eigenvalue weighted by Crippen LogP contribution is 2.32. The maximum atomic E-state index is 12.5. The van der Waals surface area contributed by atoms with E-state index in [0.29, 0.717) is 33.7 Å². The molecule has 3 aromatic carbocycles. The van der Waals surface area contributed by atoms with Gasteiger partial charge >= 0.3 is 12.0 Å². The predicted octanol–water partition coefficient (Wildman–Crippen LogP) is 5.80. The molecule has 0 radical (unpaired) electrons. The molecular weight excluding hydrogens is 430 g/mol. The van der Waals surface area contributed by atoms with Gasteiger partial charge < -0.3 is 20.1 Å². The van der Waals surface area contributed by atoms with Gasteiger partial charge in [-0.3, -0.25) is 0 Å². The number of aromatic nitrogens is 1. The zero-order chi connectivity index (χ0) is 23.9. The molecule has 172 valence electrons. The molecule has 0 saturated heterocycles. The minimum atomic E-state index is -0.458. The van der Waals surface area contributed by atoms with Gasteiger partial charge in [-0.2, -0.15) is 0 Å². The fraction of sp³-hybridized carbons (Fsp3) is 0.148. The molecule has 0 spiro atoms. The highest BCUT2D eigenvalue weighted by Gasteiger charge is 2.13. The minimum absolute atomic E-state index is 0.229. The van der Waals surface area contributed by atoms with Crippen LogP contribution in [-0.2, 0) is 9.53 Å². The molecule has 0 saturated carbocycles. The SMILES string of the molecule is CCOC(=O)COc1cc(-c2ccccc2)nc2ccc(NC(=O)Nc3cccc(C)c3)cc12. The minimum Gasteiger partial charge on any atom is -0.481 e. The summed E-state index contributed by atoms with van der Waals surface area (Å²) in [6, 6.07) is 24.0. The summed E-state index contributed by atoms with van der Waals surface area (Å²) in [6.07, 6.45) is 0. The van der Waals surface area contributed by atoms with Crippen LogP contribution in [0.3, 0.4) is 0 Å². The Balaban J connectivity index is 1.63. The molecule has 0 unspecified atom stereocenters. The lowest BCUT2D eigenvalue weighted by atomic mass is 10.1. The van der Waals surface area contributed by atoms with Gasteiger partial charge in [0, 0.05) is 28.4 Å². The number of esters is 1. The first-order chi connectivity index (χ1) is 16.5. The Kier molecular flexibility index (Phi) is 7.03. The average molecular weight is 456 g/mol. The summed E-state index contributed by atoms with van der Waals surface area (Å²) in [7, 11) is 0. The summed E-state index contributed by atoms with van der Waals surface area (Å²) in [5.41, 5.74) is 4.62. The third-order valence-corrected chi connectivity index (χ3v) is 5.02. The Morgan fingerprint density at radius 3 is 2.38 bits per heavy atom. The number of urea groups is 1. The number of hydrogen-bond acceptors (Lipinski definition) is 5. The molecular formula is C27H25N3O4. The van der Waals surface area contributed by atoms with E-state index in [1.807, 2.05) is 61.5 Å². The van der Waals surface area contributed by atoms with Crippen LogP contribution < -0.4 is 15.4 Å². The Morgan fingerprint density at radius 2 is 1.65 bits per heavy atom. The Bertz CT molecular complexity index is 1320. The molecule has 34 heavy (non-hydrogen) atoms. The third kappa shape index (κ3) is 5.69. The van der Waals surface area contributed by atoms with Gasteiger partial charge in [-0.25, -0.2) is 14.6 Å². The van der Waals surface area contributed by atoms with Crippen molar-refractivity contribution < 1.29 is 19.1 Å². The zero-order valence-electron chi connectivity index (χ0n) is 19.0. The van der Waals surface area contributed by atoms with Crippen LogP contribution in [-0.4, -0.2) is 30.2 Å². The monoisotopic (exact) mass is 455 g/mol. The first kappa shape index (κ1) is 22.8. The maximum absolute atomic E-state index is 12.5. The topological polar surface area (TPSA) is 89.6 Å². The molecule has 0 bridgehead atoms. The van der Waals surface area contributed by atoms with Crippen molar-refractivity contribution in [1.82, 2.24) is 4.98 Å². The second-order valence-electron chi connectivity index (χ2n) is 7.65. The molecule has 4 rings (SSSR count). The molecule has 2 amide bonds. The molecule has 0 aliphatic heterocycles. The predicted molar refractivity (Wildman–Crippen MR) is 133 cm³/mol. The standard InChI is InChI=1S/C27H25N3O4/c1-3-33-26(31)17-34-25-16-24(19-9-5-4-6-10-19)30-23-13-12-21(15-22(23)25)29-27(32)28-20-11-7-8-18(2)14-20/h4-16H,3,17H2,1-2H3,(H2,28,29,32). The number of anilines is 2.